The van der Waals surface area contributed by atoms with Crippen molar-refractivity contribution in [3.8, 4) is 0 Å². The zero-order valence-corrected chi connectivity index (χ0v) is 11.6. The molecule has 1 aromatic carbocycles. The number of hydrogen-bond acceptors (Lipinski definition) is 4. The van der Waals surface area contributed by atoms with Crippen molar-refractivity contribution >= 4 is 17.8 Å². The van der Waals surface area contributed by atoms with E-state index in [1.54, 1.807) is 30.3 Å². The quantitative estimate of drug-likeness (QED) is 0.572. The van der Waals surface area contributed by atoms with Gasteiger partial charge in [0, 0.05) is 6.42 Å². The highest BCUT2D eigenvalue weighted by molar-refractivity contribution is 5.90. The van der Waals surface area contributed by atoms with Crippen molar-refractivity contribution in [3.05, 3.63) is 35.9 Å². The number of carbonyl (C=O) groups is 3. The first-order chi connectivity index (χ1) is 9.75. The molecule has 0 aliphatic carbocycles. The summed E-state index contributed by atoms with van der Waals surface area (Å²) in [5.74, 6) is -3.10. The van der Waals surface area contributed by atoms with Gasteiger partial charge in [0.15, 0.2) is 0 Å². The normalized spacial score (nSPS) is 14.8. The average molecular weight is 294 g/mol. The fourth-order valence-electron chi connectivity index (χ4n) is 1.75. The molecule has 0 aromatic heterocycles. The minimum absolute atomic E-state index is 0.207. The topological polar surface area (TPSA) is 130 Å². The van der Waals surface area contributed by atoms with Crippen molar-refractivity contribution in [3.63, 3.8) is 0 Å². The molecule has 0 saturated carbocycles. The Kier molecular flexibility index (Phi) is 5.43. The molecular formula is C14H18N2O5. The Hall–Kier alpha value is -2.41. The zero-order chi connectivity index (χ0) is 16.0. The van der Waals surface area contributed by atoms with Crippen LogP contribution in [0.1, 0.15) is 25.3 Å². The van der Waals surface area contributed by atoms with Crippen molar-refractivity contribution < 1.29 is 24.6 Å². The van der Waals surface area contributed by atoms with Crippen molar-refractivity contribution in [1.82, 2.24) is 5.32 Å². The number of nitrogens with one attached hydrogen (secondary N) is 1. The van der Waals surface area contributed by atoms with Crippen LogP contribution in [0.25, 0.3) is 0 Å². The summed E-state index contributed by atoms with van der Waals surface area (Å²) in [5.41, 5.74) is 5.09. The van der Waals surface area contributed by atoms with Crippen LogP contribution < -0.4 is 11.1 Å². The number of amides is 1. The molecular weight excluding hydrogens is 276 g/mol. The van der Waals surface area contributed by atoms with Crippen LogP contribution in [0, 0.1) is 0 Å². The van der Waals surface area contributed by atoms with E-state index in [1.165, 1.54) is 6.92 Å². The van der Waals surface area contributed by atoms with Crippen LogP contribution in [0.2, 0.25) is 0 Å². The number of hydrogen-bond donors (Lipinski definition) is 4. The first kappa shape index (κ1) is 16.6. The van der Waals surface area contributed by atoms with Crippen LogP contribution in [0.3, 0.4) is 0 Å². The summed E-state index contributed by atoms with van der Waals surface area (Å²) in [6.45, 7) is 1.47. The molecule has 0 heterocycles. The molecule has 0 fully saturated rings. The lowest BCUT2D eigenvalue weighted by Crippen LogP contribution is -2.53. The SMILES string of the molecule is CC(N)(C(=O)NC(CCC(=O)O)C(=O)O)c1ccccc1. The van der Waals surface area contributed by atoms with Crippen molar-refractivity contribution in [1.29, 1.82) is 0 Å². The minimum atomic E-state index is -1.40. The maximum Gasteiger partial charge on any atom is 0.326 e. The highest BCUT2D eigenvalue weighted by Crippen LogP contribution is 2.18. The lowest BCUT2D eigenvalue weighted by molar-refractivity contribution is -0.143. The Bertz CT molecular complexity index is 527. The second-order valence-corrected chi connectivity index (χ2v) is 4.87. The van der Waals surface area contributed by atoms with Crippen molar-refractivity contribution in [2.45, 2.75) is 31.3 Å². The number of nitrogens with two attached hydrogens (primary N) is 1. The van der Waals surface area contributed by atoms with Crippen LogP contribution in [-0.2, 0) is 19.9 Å². The highest BCUT2D eigenvalue weighted by atomic mass is 16.4. The van der Waals surface area contributed by atoms with Gasteiger partial charge in [0.2, 0.25) is 5.91 Å². The largest absolute Gasteiger partial charge is 0.481 e. The molecule has 0 aliphatic heterocycles. The fourth-order valence-corrected chi connectivity index (χ4v) is 1.75. The van der Waals surface area contributed by atoms with Crippen LogP contribution in [0.15, 0.2) is 30.3 Å². The van der Waals surface area contributed by atoms with E-state index in [0.717, 1.165) is 0 Å². The Labute approximate surface area is 121 Å². The van der Waals surface area contributed by atoms with E-state index in [2.05, 4.69) is 5.32 Å². The molecule has 5 N–H and O–H groups in total. The monoisotopic (exact) mass is 294 g/mol. The summed E-state index contributed by atoms with van der Waals surface area (Å²) in [6, 6.07) is 7.23. The fraction of sp³-hybridized carbons (Fsp3) is 0.357. The Morgan fingerprint density at radius 3 is 2.29 bits per heavy atom. The van der Waals surface area contributed by atoms with Crippen LogP contribution in [-0.4, -0.2) is 34.1 Å². The van der Waals surface area contributed by atoms with Gasteiger partial charge in [0.25, 0.3) is 0 Å². The molecule has 1 aromatic rings. The first-order valence-electron chi connectivity index (χ1n) is 6.35. The Balaban J connectivity index is 2.81. The number of carboxylic acid groups (broad SMARTS) is 2. The van der Waals surface area contributed by atoms with Gasteiger partial charge in [0.1, 0.15) is 11.6 Å². The smallest absolute Gasteiger partial charge is 0.326 e. The summed E-state index contributed by atoms with van der Waals surface area (Å²) in [5, 5.41) is 19.9. The van der Waals surface area contributed by atoms with E-state index in [9.17, 15) is 14.4 Å². The number of benzene rings is 1. The zero-order valence-electron chi connectivity index (χ0n) is 11.6. The number of carbonyl (C=O) groups excluding carboxylic acids is 1. The third-order valence-corrected chi connectivity index (χ3v) is 3.10. The first-order valence-corrected chi connectivity index (χ1v) is 6.35. The standard InChI is InChI=1S/C14H18N2O5/c1-14(15,9-5-3-2-4-6-9)13(21)16-10(12(19)20)7-8-11(17)18/h2-6,10H,7-8,15H2,1H3,(H,16,21)(H,17,18)(H,19,20). The van der Waals surface area contributed by atoms with E-state index in [1.807, 2.05) is 0 Å². The summed E-state index contributed by atoms with van der Waals surface area (Å²) < 4.78 is 0. The second-order valence-electron chi connectivity index (χ2n) is 4.87. The molecule has 0 radical (unpaired) electrons. The molecule has 0 spiro atoms. The lowest BCUT2D eigenvalue weighted by Gasteiger charge is -2.26. The molecule has 0 bridgehead atoms. The molecule has 1 amide bonds. The lowest BCUT2D eigenvalue weighted by atomic mass is 9.92. The van der Waals surface area contributed by atoms with Crippen LogP contribution in [0.5, 0.6) is 0 Å². The summed E-state index contributed by atoms with van der Waals surface area (Å²) >= 11 is 0. The third kappa shape index (κ3) is 4.57. The van der Waals surface area contributed by atoms with E-state index in [-0.39, 0.29) is 12.8 Å². The summed E-state index contributed by atoms with van der Waals surface area (Å²) in [7, 11) is 0. The van der Waals surface area contributed by atoms with Gasteiger partial charge in [-0.15, -0.1) is 0 Å². The van der Waals surface area contributed by atoms with Gasteiger partial charge in [-0.25, -0.2) is 4.79 Å². The van der Waals surface area contributed by atoms with Crippen molar-refractivity contribution in [2.24, 2.45) is 5.73 Å². The average Bonchev–Trinajstić information content (AvgIpc) is 2.43. The minimum Gasteiger partial charge on any atom is -0.481 e. The number of aliphatic carboxylic acids is 2. The molecule has 114 valence electrons. The number of rotatable bonds is 7. The van der Waals surface area contributed by atoms with E-state index in [4.69, 9.17) is 15.9 Å². The molecule has 0 aliphatic rings. The maximum absolute atomic E-state index is 12.2. The van der Waals surface area contributed by atoms with Gasteiger partial charge < -0.3 is 21.3 Å². The molecule has 21 heavy (non-hydrogen) atoms. The van der Waals surface area contributed by atoms with Crippen LogP contribution >= 0.6 is 0 Å². The highest BCUT2D eigenvalue weighted by Gasteiger charge is 2.33. The molecule has 2 unspecified atom stereocenters. The summed E-state index contributed by atoms with van der Waals surface area (Å²) in [6.07, 6.45) is -0.564. The summed E-state index contributed by atoms with van der Waals surface area (Å²) in [4.78, 5) is 33.7. The number of carboxylic acids is 2. The van der Waals surface area contributed by atoms with Gasteiger partial charge in [-0.1, -0.05) is 30.3 Å². The molecule has 7 heteroatoms. The molecule has 1 rings (SSSR count). The van der Waals surface area contributed by atoms with E-state index >= 15 is 0 Å². The van der Waals surface area contributed by atoms with Crippen molar-refractivity contribution in [2.75, 3.05) is 0 Å². The predicted molar refractivity (Wildman–Crippen MR) is 74.4 cm³/mol. The predicted octanol–water partition coefficient (Wildman–Crippen LogP) is 0.295. The van der Waals surface area contributed by atoms with Gasteiger partial charge >= 0.3 is 11.9 Å². The molecule has 7 nitrogen and oxygen atoms in total. The van der Waals surface area contributed by atoms with Crippen LogP contribution in [0.4, 0.5) is 0 Å². The van der Waals surface area contributed by atoms with E-state index in [0.29, 0.717) is 5.56 Å². The third-order valence-electron chi connectivity index (χ3n) is 3.10. The van der Waals surface area contributed by atoms with Gasteiger partial charge in [-0.3, -0.25) is 9.59 Å². The second kappa shape index (κ2) is 6.85. The molecule has 2 atom stereocenters. The van der Waals surface area contributed by atoms with Gasteiger partial charge in [-0.05, 0) is 18.9 Å². The maximum atomic E-state index is 12.2. The van der Waals surface area contributed by atoms with E-state index < -0.39 is 29.4 Å². The van der Waals surface area contributed by atoms with Gasteiger partial charge in [0.05, 0.1) is 0 Å². The Morgan fingerprint density at radius 1 is 1.24 bits per heavy atom. The molecule has 0 saturated heterocycles. The van der Waals surface area contributed by atoms with Gasteiger partial charge in [-0.2, -0.15) is 0 Å². The Morgan fingerprint density at radius 2 is 1.81 bits per heavy atom.